The summed E-state index contributed by atoms with van der Waals surface area (Å²) in [6, 6.07) is 4.59. The van der Waals surface area contributed by atoms with E-state index in [1.807, 2.05) is 32.1 Å². The van der Waals surface area contributed by atoms with E-state index in [1.165, 1.54) is 6.07 Å². The lowest BCUT2D eigenvalue weighted by molar-refractivity contribution is 0.311. The molecule has 0 saturated carbocycles. The molecule has 1 aromatic carbocycles. The van der Waals surface area contributed by atoms with Gasteiger partial charge >= 0.3 is 6.01 Å². The minimum Gasteiger partial charge on any atom is -0.418 e. The van der Waals surface area contributed by atoms with Crippen LogP contribution in [0.15, 0.2) is 47.0 Å². The molecule has 188 valence electrons. The highest BCUT2D eigenvalue weighted by molar-refractivity contribution is 6.05. The molecule has 4 heterocycles. The lowest BCUT2D eigenvalue weighted by atomic mass is 10.2. The number of aryl methyl sites for hydroxylation is 2. The standard InChI is InChI=1S/C26H29F2N7O/c1-5-6-17-12-21(29-15-17)30-22-14-23(35-9-7-33(3)8-10-35)32-26(31-22)36-25-19(27)13-20-18(24(25)28)11-16(2)34(20)4/h5-6,11-14H,7-10,15H2,1-4H3,(H,29,30,31,32)/b6-5+. The molecule has 0 unspecified atom stereocenters. The number of hydrogen-bond acceptors (Lipinski definition) is 7. The Kier molecular flexibility index (Phi) is 6.44. The van der Waals surface area contributed by atoms with E-state index >= 15 is 4.39 Å². The third kappa shape index (κ3) is 4.68. The first kappa shape index (κ1) is 23.9. The van der Waals surface area contributed by atoms with Gasteiger partial charge < -0.3 is 24.4 Å². The number of nitrogens with zero attached hydrogens (tertiary/aromatic N) is 6. The minimum absolute atomic E-state index is 0.144. The van der Waals surface area contributed by atoms with E-state index in [-0.39, 0.29) is 11.4 Å². The molecule has 10 heteroatoms. The summed E-state index contributed by atoms with van der Waals surface area (Å²) >= 11 is 0. The van der Waals surface area contributed by atoms with Crippen molar-refractivity contribution in [2.75, 3.05) is 50.0 Å². The fourth-order valence-electron chi connectivity index (χ4n) is 4.38. The summed E-state index contributed by atoms with van der Waals surface area (Å²) in [4.78, 5) is 17.7. The third-order valence-corrected chi connectivity index (χ3v) is 6.54. The van der Waals surface area contributed by atoms with Crippen LogP contribution in [-0.2, 0) is 7.05 Å². The van der Waals surface area contributed by atoms with E-state index in [9.17, 15) is 4.39 Å². The van der Waals surface area contributed by atoms with E-state index in [1.54, 1.807) is 23.7 Å². The average molecular weight is 494 g/mol. The van der Waals surface area contributed by atoms with Crippen LogP contribution in [0.1, 0.15) is 12.6 Å². The zero-order valence-electron chi connectivity index (χ0n) is 20.8. The Hall–Kier alpha value is -3.79. The highest BCUT2D eigenvalue weighted by atomic mass is 19.1. The van der Waals surface area contributed by atoms with Crippen molar-refractivity contribution in [3.8, 4) is 11.8 Å². The lowest BCUT2D eigenvalue weighted by Crippen LogP contribution is -2.44. The van der Waals surface area contributed by atoms with Crippen LogP contribution in [0.25, 0.3) is 10.9 Å². The SMILES string of the molecule is C/C=C/C1=CC(Nc2cc(N3CCN(C)CC3)nc(Oc3c(F)cc4c(cc(C)n4C)c3F)n2)=NC1. The Balaban J connectivity index is 1.51. The maximum absolute atomic E-state index is 15.4. The number of halogens is 2. The van der Waals surface area contributed by atoms with Crippen molar-refractivity contribution in [1.82, 2.24) is 19.4 Å². The number of benzene rings is 1. The number of nitrogens with one attached hydrogen (secondary N) is 1. The third-order valence-electron chi connectivity index (χ3n) is 6.54. The van der Waals surface area contributed by atoms with Gasteiger partial charge in [0.05, 0.1) is 12.1 Å². The van der Waals surface area contributed by atoms with Crippen LogP contribution >= 0.6 is 0 Å². The van der Waals surface area contributed by atoms with Crippen LogP contribution in [0.3, 0.4) is 0 Å². The van der Waals surface area contributed by atoms with Crippen LogP contribution in [0.5, 0.6) is 11.8 Å². The Labute approximate surface area is 208 Å². The second-order valence-electron chi connectivity index (χ2n) is 9.11. The highest BCUT2D eigenvalue weighted by Gasteiger charge is 2.22. The van der Waals surface area contributed by atoms with Crippen LogP contribution < -0.4 is 15.0 Å². The number of aliphatic imine (C=N–C) groups is 1. The first-order valence-corrected chi connectivity index (χ1v) is 11.9. The molecule has 1 N–H and O–H groups in total. The number of allylic oxidation sites excluding steroid dienone is 1. The molecule has 0 spiro atoms. The van der Waals surface area contributed by atoms with Crippen molar-refractivity contribution >= 4 is 28.4 Å². The predicted molar refractivity (Wildman–Crippen MR) is 138 cm³/mol. The van der Waals surface area contributed by atoms with Gasteiger partial charge in [0.15, 0.2) is 11.6 Å². The predicted octanol–water partition coefficient (Wildman–Crippen LogP) is 4.43. The summed E-state index contributed by atoms with van der Waals surface area (Å²) in [6.45, 7) is 7.62. The fourth-order valence-corrected chi connectivity index (χ4v) is 4.38. The Bertz CT molecular complexity index is 1400. The van der Waals surface area contributed by atoms with E-state index < -0.39 is 17.4 Å². The van der Waals surface area contributed by atoms with Gasteiger partial charge in [-0.1, -0.05) is 12.2 Å². The van der Waals surface area contributed by atoms with Gasteiger partial charge in [0.2, 0.25) is 5.75 Å². The molecule has 0 atom stereocenters. The van der Waals surface area contributed by atoms with Crippen molar-refractivity contribution < 1.29 is 13.5 Å². The van der Waals surface area contributed by atoms with Gasteiger partial charge in [0.1, 0.15) is 17.5 Å². The number of hydrogen-bond donors (Lipinski definition) is 1. The van der Waals surface area contributed by atoms with E-state index in [2.05, 4.69) is 37.1 Å². The molecule has 1 saturated heterocycles. The molecular formula is C26H29F2N7O. The molecule has 3 aromatic rings. The lowest BCUT2D eigenvalue weighted by Gasteiger charge is -2.33. The molecule has 1 fully saturated rings. The highest BCUT2D eigenvalue weighted by Crippen LogP contribution is 2.34. The number of amidine groups is 1. The molecule has 5 rings (SSSR count). The normalized spacial score (nSPS) is 16.7. The maximum Gasteiger partial charge on any atom is 0.326 e. The maximum atomic E-state index is 15.4. The summed E-state index contributed by atoms with van der Waals surface area (Å²) in [5.41, 5.74) is 2.33. The molecule has 2 aliphatic heterocycles. The molecule has 0 aliphatic carbocycles. The monoisotopic (exact) mass is 493 g/mol. The molecule has 0 radical (unpaired) electrons. The number of piperazine rings is 1. The van der Waals surface area contributed by atoms with Crippen LogP contribution in [0.2, 0.25) is 0 Å². The number of fused-ring (bicyclic) bond motifs is 1. The van der Waals surface area contributed by atoms with Crippen molar-refractivity contribution in [3.05, 3.63) is 59.3 Å². The Morgan fingerprint density at radius 2 is 1.83 bits per heavy atom. The fraction of sp³-hybridized carbons (Fsp3) is 0.346. The van der Waals surface area contributed by atoms with Gasteiger partial charge in [-0.2, -0.15) is 9.97 Å². The second kappa shape index (κ2) is 9.69. The van der Waals surface area contributed by atoms with Crippen molar-refractivity contribution in [2.24, 2.45) is 12.0 Å². The van der Waals surface area contributed by atoms with Crippen LogP contribution in [0.4, 0.5) is 20.4 Å². The zero-order chi connectivity index (χ0) is 25.4. The molecule has 8 nitrogen and oxygen atoms in total. The van der Waals surface area contributed by atoms with E-state index in [0.717, 1.165) is 37.4 Å². The first-order chi connectivity index (χ1) is 17.3. The minimum atomic E-state index is -0.816. The zero-order valence-corrected chi connectivity index (χ0v) is 20.8. The van der Waals surface area contributed by atoms with Crippen LogP contribution in [-0.4, -0.2) is 65.0 Å². The number of likely N-dealkylation sites (N-methyl/N-ethyl adjacent to an activating group) is 1. The smallest absolute Gasteiger partial charge is 0.326 e. The summed E-state index contributed by atoms with van der Waals surface area (Å²) < 4.78 is 37.8. The second-order valence-corrected chi connectivity index (χ2v) is 9.11. The molecule has 36 heavy (non-hydrogen) atoms. The van der Waals surface area contributed by atoms with Gasteiger partial charge in [-0.05, 0) is 38.6 Å². The largest absolute Gasteiger partial charge is 0.418 e. The number of anilines is 2. The average Bonchev–Trinajstić information content (AvgIpc) is 3.41. The molecule has 2 aromatic heterocycles. The first-order valence-electron chi connectivity index (χ1n) is 11.9. The molecule has 2 aliphatic rings. The Morgan fingerprint density at radius 1 is 1.06 bits per heavy atom. The quantitative estimate of drug-likeness (QED) is 0.567. The number of ether oxygens (including phenoxy) is 1. The summed E-state index contributed by atoms with van der Waals surface area (Å²) in [7, 11) is 3.83. The summed E-state index contributed by atoms with van der Waals surface area (Å²) in [5, 5.41) is 3.47. The molecule has 0 amide bonds. The van der Waals surface area contributed by atoms with Gasteiger partial charge in [0, 0.05) is 56.4 Å². The van der Waals surface area contributed by atoms with Gasteiger partial charge in [-0.15, -0.1) is 0 Å². The van der Waals surface area contributed by atoms with Gasteiger partial charge in [-0.25, -0.2) is 8.78 Å². The topological polar surface area (TPSA) is 70.8 Å². The van der Waals surface area contributed by atoms with Gasteiger partial charge in [-0.3, -0.25) is 4.99 Å². The van der Waals surface area contributed by atoms with Crippen molar-refractivity contribution in [3.63, 3.8) is 0 Å². The number of rotatable bonds is 5. The summed E-state index contributed by atoms with van der Waals surface area (Å²) in [5.74, 6) is -0.426. The summed E-state index contributed by atoms with van der Waals surface area (Å²) in [6.07, 6.45) is 5.89. The van der Waals surface area contributed by atoms with Gasteiger partial charge in [0.25, 0.3) is 0 Å². The van der Waals surface area contributed by atoms with E-state index in [4.69, 9.17) is 4.74 Å². The van der Waals surface area contributed by atoms with Crippen molar-refractivity contribution in [2.45, 2.75) is 13.8 Å². The van der Waals surface area contributed by atoms with Crippen LogP contribution in [0, 0.1) is 18.6 Å². The molecule has 0 bridgehead atoms. The number of aromatic nitrogens is 3. The molecular weight excluding hydrogens is 464 g/mol. The Morgan fingerprint density at radius 3 is 2.58 bits per heavy atom. The van der Waals surface area contributed by atoms with E-state index in [0.29, 0.717) is 29.5 Å². The van der Waals surface area contributed by atoms with Crippen molar-refractivity contribution in [1.29, 1.82) is 0 Å².